The Balaban J connectivity index is 1.79. The summed E-state index contributed by atoms with van der Waals surface area (Å²) >= 11 is 0. The van der Waals surface area contributed by atoms with Gasteiger partial charge in [0, 0.05) is 16.7 Å². The highest BCUT2D eigenvalue weighted by Gasteiger charge is 2.46. The van der Waals surface area contributed by atoms with E-state index in [2.05, 4.69) is 6.07 Å². The zero-order valence-corrected chi connectivity index (χ0v) is 19.9. The van der Waals surface area contributed by atoms with Crippen LogP contribution < -0.4 is 0 Å². The van der Waals surface area contributed by atoms with Crippen molar-refractivity contribution in [3.05, 3.63) is 144 Å². The van der Waals surface area contributed by atoms with E-state index < -0.39 is 13.0 Å². The predicted molar refractivity (Wildman–Crippen MR) is 141 cm³/mol. The van der Waals surface area contributed by atoms with E-state index in [1.54, 1.807) is 0 Å². The molecule has 2 atom stereocenters. The lowest BCUT2D eigenvalue weighted by atomic mass is 10.1. The summed E-state index contributed by atoms with van der Waals surface area (Å²) in [5, 5.41) is 9.73. The zero-order chi connectivity index (χ0) is 24.1. The average molecular weight is 475 g/mol. The molecule has 5 rings (SSSR count). The molecule has 4 aromatic rings. The number of nitrogens with zero attached hydrogens (tertiary/aromatic N) is 2. The number of hydrogen-bond donors (Lipinski definition) is 0. The molecule has 0 bridgehead atoms. The minimum Gasteiger partial charge on any atom is -0.435 e. The van der Waals surface area contributed by atoms with Crippen LogP contribution in [0.4, 0.5) is 0 Å². The second-order valence-electron chi connectivity index (χ2n) is 8.19. The fourth-order valence-corrected chi connectivity index (χ4v) is 6.86. The van der Waals surface area contributed by atoms with Crippen molar-refractivity contribution in [1.82, 2.24) is 0 Å². The number of benzene rings is 4. The maximum Gasteiger partial charge on any atom is 0.304 e. The molecule has 5 heteroatoms. The van der Waals surface area contributed by atoms with Crippen molar-refractivity contribution >= 4 is 24.3 Å². The van der Waals surface area contributed by atoms with Gasteiger partial charge in [-0.1, -0.05) is 121 Å². The van der Waals surface area contributed by atoms with E-state index in [4.69, 9.17) is 9.52 Å². The van der Waals surface area contributed by atoms with Crippen LogP contribution in [0.2, 0.25) is 0 Å². The summed E-state index contributed by atoms with van der Waals surface area (Å²) < 4.78 is 21.7. The molecule has 0 N–H and O–H groups in total. The van der Waals surface area contributed by atoms with Crippen molar-refractivity contribution in [3.63, 3.8) is 0 Å². The maximum absolute atomic E-state index is 15.1. The molecule has 0 spiro atoms. The first-order valence-corrected chi connectivity index (χ1v) is 13.1. The van der Waals surface area contributed by atoms with E-state index in [9.17, 15) is 5.26 Å². The Kier molecular flexibility index (Phi) is 6.44. The quantitative estimate of drug-likeness (QED) is 0.267. The average Bonchev–Trinajstić information content (AvgIpc) is 2.93. The van der Waals surface area contributed by atoms with Crippen LogP contribution in [-0.2, 0) is 9.09 Å². The van der Waals surface area contributed by atoms with Gasteiger partial charge in [0.15, 0.2) is 5.76 Å². The molecule has 0 fully saturated rings. The van der Waals surface area contributed by atoms with Crippen LogP contribution in [-0.4, -0.2) is 5.45 Å². The van der Waals surface area contributed by atoms with Gasteiger partial charge in [-0.15, -0.1) is 0 Å². The smallest absolute Gasteiger partial charge is 0.304 e. The van der Waals surface area contributed by atoms with Crippen molar-refractivity contribution < 1.29 is 9.09 Å². The molecule has 1 heterocycles. The Labute approximate surface area is 205 Å². The van der Waals surface area contributed by atoms with Gasteiger partial charge >= 0.3 is 7.37 Å². The van der Waals surface area contributed by atoms with Crippen LogP contribution in [0.15, 0.2) is 126 Å². The number of nitriles is 1. The van der Waals surface area contributed by atoms with Gasteiger partial charge in [0.05, 0.1) is 18.1 Å². The van der Waals surface area contributed by atoms with Gasteiger partial charge in [0.25, 0.3) is 0 Å². The summed E-state index contributed by atoms with van der Waals surface area (Å²) in [6, 6.07) is 40.5. The molecule has 0 aromatic heterocycles. The zero-order valence-electron chi connectivity index (χ0n) is 19.0. The van der Waals surface area contributed by atoms with E-state index in [1.165, 1.54) is 0 Å². The number of aliphatic imine (C=N–C) groups is 1. The second-order valence-corrected chi connectivity index (χ2v) is 10.6. The molecule has 1 aliphatic rings. The van der Waals surface area contributed by atoms with Crippen molar-refractivity contribution in [2.75, 3.05) is 0 Å². The molecule has 0 radical (unpaired) electrons. The topological polar surface area (TPSA) is 62.5 Å². The predicted octanol–water partition coefficient (Wildman–Crippen LogP) is 7.92. The fraction of sp³-hybridized carbons (Fsp3) is 0.0667. The Bertz CT molecular complexity index is 1460. The van der Waals surface area contributed by atoms with Gasteiger partial charge in [-0.05, 0) is 5.56 Å². The third-order valence-electron chi connectivity index (χ3n) is 5.95. The van der Waals surface area contributed by atoms with E-state index in [1.807, 2.05) is 121 Å². The van der Waals surface area contributed by atoms with E-state index in [0.717, 1.165) is 22.3 Å². The highest BCUT2D eigenvalue weighted by Crippen LogP contribution is 2.68. The van der Waals surface area contributed by atoms with Gasteiger partial charge < -0.3 is 4.52 Å². The van der Waals surface area contributed by atoms with Crippen LogP contribution in [0, 0.1) is 11.3 Å². The van der Waals surface area contributed by atoms with Crippen LogP contribution in [0.1, 0.15) is 34.3 Å². The summed E-state index contributed by atoms with van der Waals surface area (Å²) in [7, 11) is -3.70. The first kappa shape index (κ1) is 22.6. The molecule has 0 saturated heterocycles. The number of hydrogen-bond acceptors (Lipinski definition) is 4. The normalized spacial score (nSPS) is 18.2. The first-order valence-electron chi connectivity index (χ1n) is 11.4. The van der Waals surface area contributed by atoms with Crippen LogP contribution in [0.3, 0.4) is 0 Å². The molecule has 170 valence electrons. The van der Waals surface area contributed by atoms with E-state index in [-0.39, 0.29) is 6.42 Å². The van der Waals surface area contributed by atoms with Crippen LogP contribution in [0.25, 0.3) is 11.5 Å². The summed E-state index contributed by atoms with van der Waals surface area (Å²) in [4.78, 5) is 5.06. The lowest BCUT2D eigenvalue weighted by Crippen LogP contribution is -2.17. The lowest BCUT2D eigenvalue weighted by Gasteiger charge is -2.33. The molecule has 4 aromatic carbocycles. The Morgan fingerprint density at radius 2 is 1.20 bits per heavy atom. The Hall–Kier alpha value is -4.19. The summed E-state index contributed by atoms with van der Waals surface area (Å²) in [5.74, 6) is 0.457. The molecular weight excluding hydrogens is 451 g/mol. The minimum atomic E-state index is -3.70. The number of rotatable bonds is 6. The maximum atomic E-state index is 15.1. The van der Waals surface area contributed by atoms with Crippen LogP contribution in [0.5, 0.6) is 0 Å². The molecule has 4 nitrogen and oxygen atoms in total. The molecule has 35 heavy (non-hydrogen) atoms. The summed E-state index contributed by atoms with van der Waals surface area (Å²) in [5.41, 5.74) is 3.48. The summed E-state index contributed by atoms with van der Waals surface area (Å²) in [6.07, 6.45) is 0.0376. The van der Waals surface area contributed by atoms with Gasteiger partial charge in [0.1, 0.15) is 11.1 Å². The monoisotopic (exact) mass is 474 g/mol. The molecule has 1 unspecified atom stereocenters. The third-order valence-corrected chi connectivity index (χ3v) is 8.65. The van der Waals surface area contributed by atoms with Gasteiger partial charge in [-0.2, -0.15) is 5.26 Å². The molecule has 0 amide bonds. The molecule has 1 aliphatic heterocycles. The van der Waals surface area contributed by atoms with Gasteiger partial charge in [0.2, 0.25) is 0 Å². The van der Waals surface area contributed by atoms with Gasteiger partial charge in [-0.25, -0.2) is 4.99 Å². The standard InChI is InChI=1S/C30H23N2O2P/c31-22-21-27(23-13-5-1-6-14-23)35(33)30(26-19-11-4-12-20-26)32-28(24-15-7-2-8-16-24)29(34-35)25-17-9-3-10-18-25/h1-20,27H,21H2/t27?,35-/m1/s1. The largest absolute Gasteiger partial charge is 0.435 e. The van der Waals surface area contributed by atoms with E-state index in [0.29, 0.717) is 16.9 Å². The minimum absolute atomic E-state index is 0.0376. The molecular formula is C30H23N2O2P. The van der Waals surface area contributed by atoms with Crippen LogP contribution >= 0.6 is 7.37 Å². The Morgan fingerprint density at radius 3 is 1.74 bits per heavy atom. The third kappa shape index (κ3) is 4.47. The first-order chi connectivity index (χ1) is 17.2. The SMILES string of the molecule is N#CCC(c1ccccc1)[P@@]1(=O)OC(c2ccccc2)=C(c2ccccc2)N=C1c1ccccc1. The second kappa shape index (κ2) is 9.97. The van der Waals surface area contributed by atoms with E-state index >= 15 is 4.57 Å². The molecule has 0 saturated carbocycles. The summed E-state index contributed by atoms with van der Waals surface area (Å²) in [6.45, 7) is 0. The lowest BCUT2D eigenvalue weighted by molar-refractivity contribution is 0.459. The van der Waals surface area contributed by atoms with Crippen molar-refractivity contribution in [2.45, 2.75) is 12.1 Å². The van der Waals surface area contributed by atoms with Crippen molar-refractivity contribution in [2.24, 2.45) is 4.99 Å². The highest BCUT2D eigenvalue weighted by molar-refractivity contribution is 7.78. The highest BCUT2D eigenvalue weighted by atomic mass is 31.2. The molecule has 0 aliphatic carbocycles. The van der Waals surface area contributed by atoms with Gasteiger partial charge in [-0.3, -0.25) is 4.57 Å². The Morgan fingerprint density at radius 1 is 0.714 bits per heavy atom. The van der Waals surface area contributed by atoms with Crippen molar-refractivity contribution in [3.8, 4) is 6.07 Å². The fourth-order valence-electron chi connectivity index (χ4n) is 4.26. The van der Waals surface area contributed by atoms with Crippen molar-refractivity contribution in [1.29, 1.82) is 5.26 Å².